The Labute approximate surface area is 118 Å². The maximum Gasteiger partial charge on any atom is 0.251 e. The summed E-state index contributed by atoms with van der Waals surface area (Å²) >= 11 is 0. The number of aryl methyl sites for hydroxylation is 1. The fraction of sp³-hybridized carbons (Fsp3) is 0.571. The van der Waals surface area contributed by atoms with Crippen LogP contribution in [0.25, 0.3) is 0 Å². The van der Waals surface area contributed by atoms with E-state index in [2.05, 4.69) is 15.7 Å². The number of hydrogen-bond donors (Lipinski definition) is 4. The van der Waals surface area contributed by atoms with Gasteiger partial charge in [-0.3, -0.25) is 4.79 Å². The van der Waals surface area contributed by atoms with E-state index in [0.717, 1.165) is 37.8 Å². The van der Waals surface area contributed by atoms with E-state index in [0.29, 0.717) is 11.4 Å². The molecule has 0 atom stereocenters. The van der Waals surface area contributed by atoms with Gasteiger partial charge >= 0.3 is 0 Å². The number of rotatable bonds is 4. The molecule has 1 aromatic heterocycles. The second kappa shape index (κ2) is 6.67. The van der Waals surface area contributed by atoms with E-state index in [1.165, 1.54) is 0 Å². The van der Waals surface area contributed by atoms with E-state index in [1.54, 1.807) is 12.1 Å². The molecule has 20 heavy (non-hydrogen) atoms. The van der Waals surface area contributed by atoms with Crippen molar-refractivity contribution >= 4 is 11.7 Å². The molecule has 1 aromatic rings. The zero-order chi connectivity index (χ0) is 14.5. The Balaban J connectivity index is 2.04. The van der Waals surface area contributed by atoms with Crippen molar-refractivity contribution in [1.82, 2.24) is 10.3 Å². The van der Waals surface area contributed by atoms with Crippen LogP contribution in [0.4, 0.5) is 5.82 Å². The topological polar surface area (TPSA) is 100 Å². The molecule has 1 aliphatic rings. The van der Waals surface area contributed by atoms with Crippen molar-refractivity contribution in [3.05, 3.63) is 23.4 Å². The molecule has 0 unspecified atom stereocenters. The second-order valence-electron chi connectivity index (χ2n) is 5.21. The number of amides is 1. The van der Waals surface area contributed by atoms with Gasteiger partial charge in [0.25, 0.3) is 5.91 Å². The molecule has 5 N–H and O–H groups in total. The summed E-state index contributed by atoms with van der Waals surface area (Å²) in [4.78, 5) is 16.5. The maximum absolute atomic E-state index is 12.3. The Morgan fingerprint density at radius 2 is 2.10 bits per heavy atom. The van der Waals surface area contributed by atoms with Gasteiger partial charge in [-0.05, 0) is 44.2 Å². The average molecular weight is 278 g/mol. The molecule has 1 aliphatic carbocycles. The molecule has 0 saturated heterocycles. The van der Waals surface area contributed by atoms with Crippen LogP contribution in [-0.4, -0.2) is 28.1 Å². The van der Waals surface area contributed by atoms with E-state index < -0.39 is 0 Å². The zero-order valence-electron chi connectivity index (χ0n) is 11.7. The smallest absolute Gasteiger partial charge is 0.251 e. The molecule has 0 radical (unpaired) electrons. The Morgan fingerprint density at radius 3 is 2.70 bits per heavy atom. The number of hydrogen-bond acceptors (Lipinski definition) is 5. The quantitative estimate of drug-likeness (QED) is 0.485. The van der Waals surface area contributed by atoms with Crippen molar-refractivity contribution in [2.75, 3.05) is 5.43 Å². The highest BCUT2D eigenvalue weighted by Gasteiger charge is 2.21. The molecule has 1 amide bonds. The number of carbonyl (C=O) groups is 1. The van der Waals surface area contributed by atoms with Crippen LogP contribution in [-0.2, 0) is 6.42 Å². The van der Waals surface area contributed by atoms with Crippen LogP contribution in [0.15, 0.2) is 12.1 Å². The molecule has 0 aliphatic heterocycles. The summed E-state index contributed by atoms with van der Waals surface area (Å²) in [6, 6.07) is 3.57. The normalized spacial score (nSPS) is 22.4. The predicted molar refractivity (Wildman–Crippen MR) is 77.2 cm³/mol. The van der Waals surface area contributed by atoms with Crippen molar-refractivity contribution in [2.45, 2.75) is 51.2 Å². The molecule has 0 bridgehead atoms. The fourth-order valence-electron chi connectivity index (χ4n) is 2.46. The summed E-state index contributed by atoms with van der Waals surface area (Å²) in [5.41, 5.74) is 3.87. The minimum Gasteiger partial charge on any atom is -0.393 e. The first-order valence-corrected chi connectivity index (χ1v) is 7.09. The lowest BCUT2D eigenvalue weighted by molar-refractivity contribution is 0.0867. The molecular weight excluding hydrogens is 256 g/mol. The van der Waals surface area contributed by atoms with Gasteiger partial charge in [0.15, 0.2) is 0 Å². The predicted octanol–water partition coefficient (Wildman–Crippen LogP) is 0.963. The minimum absolute atomic E-state index is 0.111. The van der Waals surface area contributed by atoms with Crippen LogP contribution in [0.2, 0.25) is 0 Å². The number of carbonyl (C=O) groups excluding carboxylic acids is 1. The summed E-state index contributed by atoms with van der Waals surface area (Å²) in [5.74, 6) is 5.75. The SMILES string of the molecule is CCc1cc(C(=O)NC2CCC(O)CC2)cc(NN)n1. The van der Waals surface area contributed by atoms with Gasteiger partial charge in [0.2, 0.25) is 0 Å². The van der Waals surface area contributed by atoms with Crippen LogP contribution in [0.5, 0.6) is 0 Å². The van der Waals surface area contributed by atoms with Gasteiger partial charge in [0, 0.05) is 17.3 Å². The molecule has 2 rings (SSSR count). The maximum atomic E-state index is 12.3. The highest BCUT2D eigenvalue weighted by molar-refractivity contribution is 5.95. The van der Waals surface area contributed by atoms with E-state index in [4.69, 9.17) is 5.84 Å². The zero-order valence-corrected chi connectivity index (χ0v) is 11.7. The van der Waals surface area contributed by atoms with Gasteiger partial charge in [0.1, 0.15) is 5.82 Å². The second-order valence-corrected chi connectivity index (χ2v) is 5.21. The summed E-state index contributed by atoms with van der Waals surface area (Å²) in [7, 11) is 0. The standard InChI is InChI=1S/C14H22N4O2/c1-2-10-7-9(8-13(16-10)18-15)14(20)17-11-3-5-12(19)6-4-11/h7-8,11-12,19H,2-6,15H2,1H3,(H,16,18)(H,17,20). The molecule has 110 valence electrons. The number of aliphatic hydroxyl groups is 1. The number of nitrogens with two attached hydrogens (primary N) is 1. The van der Waals surface area contributed by atoms with Gasteiger partial charge in [-0.25, -0.2) is 10.8 Å². The van der Waals surface area contributed by atoms with Gasteiger partial charge in [-0.15, -0.1) is 0 Å². The third-order valence-electron chi connectivity index (χ3n) is 3.68. The Bertz CT molecular complexity index is 448. The first-order chi connectivity index (χ1) is 9.62. The highest BCUT2D eigenvalue weighted by atomic mass is 16.3. The van der Waals surface area contributed by atoms with E-state index in [9.17, 15) is 9.90 Å². The molecule has 1 fully saturated rings. The van der Waals surface area contributed by atoms with Crippen LogP contribution in [0.3, 0.4) is 0 Å². The highest BCUT2D eigenvalue weighted by Crippen LogP contribution is 2.19. The van der Waals surface area contributed by atoms with Crippen LogP contribution >= 0.6 is 0 Å². The number of pyridine rings is 1. The number of nitrogen functional groups attached to an aromatic ring is 1. The lowest BCUT2D eigenvalue weighted by atomic mass is 9.93. The van der Waals surface area contributed by atoms with Crippen molar-refractivity contribution in [1.29, 1.82) is 0 Å². The first kappa shape index (κ1) is 14.7. The van der Waals surface area contributed by atoms with E-state index in [-0.39, 0.29) is 18.1 Å². The molecule has 0 spiro atoms. The monoisotopic (exact) mass is 278 g/mol. The summed E-state index contributed by atoms with van der Waals surface area (Å²) in [6.45, 7) is 1.98. The third-order valence-corrected chi connectivity index (χ3v) is 3.68. The minimum atomic E-state index is -0.219. The lowest BCUT2D eigenvalue weighted by Gasteiger charge is -2.26. The van der Waals surface area contributed by atoms with Crippen LogP contribution in [0, 0.1) is 0 Å². The average Bonchev–Trinajstić information content (AvgIpc) is 2.48. The molecule has 6 nitrogen and oxygen atoms in total. The number of aliphatic hydroxyl groups excluding tert-OH is 1. The van der Waals surface area contributed by atoms with Crippen molar-refractivity contribution < 1.29 is 9.90 Å². The number of aromatic nitrogens is 1. The fourth-order valence-corrected chi connectivity index (χ4v) is 2.46. The first-order valence-electron chi connectivity index (χ1n) is 7.09. The number of nitrogens with zero attached hydrogens (tertiary/aromatic N) is 1. The molecule has 1 saturated carbocycles. The summed E-state index contributed by atoms with van der Waals surface area (Å²) < 4.78 is 0. The third kappa shape index (κ3) is 3.68. The summed E-state index contributed by atoms with van der Waals surface area (Å²) in [6.07, 6.45) is 3.66. The van der Waals surface area contributed by atoms with Gasteiger partial charge < -0.3 is 15.8 Å². The number of nitrogens with one attached hydrogen (secondary N) is 2. The Hall–Kier alpha value is -1.66. The van der Waals surface area contributed by atoms with E-state index in [1.807, 2.05) is 6.92 Å². The summed E-state index contributed by atoms with van der Waals surface area (Å²) in [5, 5.41) is 12.5. The van der Waals surface area contributed by atoms with Gasteiger partial charge in [-0.1, -0.05) is 6.92 Å². The Morgan fingerprint density at radius 1 is 1.40 bits per heavy atom. The lowest BCUT2D eigenvalue weighted by Crippen LogP contribution is -2.38. The molecule has 1 heterocycles. The van der Waals surface area contributed by atoms with Gasteiger partial charge in [-0.2, -0.15) is 0 Å². The van der Waals surface area contributed by atoms with Crippen LogP contribution in [0.1, 0.15) is 48.7 Å². The van der Waals surface area contributed by atoms with Crippen LogP contribution < -0.4 is 16.6 Å². The molecule has 6 heteroatoms. The van der Waals surface area contributed by atoms with E-state index >= 15 is 0 Å². The number of anilines is 1. The van der Waals surface area contributed by atoms with Gasteiger partial charge in [0.05, 0.1) is 6.10 Å². The largest absolute Gasteiger partial charge is 0.393 e. The Kier molecular flexibility index (Phi) is 4.92. The van der Waals surface area contributed by atoms with Crippen molar-refractivity contribution in [3.8, 4) is 0 Å². The number of hydrazine groups is 1. The van der Waals surface area contributed by atoms with Crippen molar-refractivity contribution in [3.63, 3.8) is 0 Å². The molecular formula is C14H22N4O2. The molecule has 0 aromatic carbocycles. The van der Waals surface area contributed by atoms with Crippen molar-refractivity contribution in [2.24, 2.45) is 5.84 Å².